The Labute approximate surface area is 126 Å². The molecule has 1 aromatic carbocycles. The van der Waals surface area contributed by atoms with E-state index in [1.54, 1.807) is 5.51 Å². The lowest BCUT2D eigenvalue weighted by molar-refractivity contribution is 0.126. The highest BCUT2D eigenvalue weighted by Crippen LogP contribution is 2.21. The normalized spacial score (nSPS) is 12.1. The number of nitrogens with zero attached hydrogens (tertiary/aromatic N) is 2. The number of aromatic nitrogens is 2. The third-order valence-corrected chi connectivity index (χ3v) is 4.32. The number of ether oxygens (including phenoxy) is 2. The van der Waals surface area contributed by atoms with Gasteiger partial charge in [0.25, 0.3) is 0 Å². The molecule has 2 rings (SSSR count). The molecule has 0 saturated heterocycles. The quantitative estimate of drug-likeness (QED) is 0.756. The van der Waals surface area contributed by atoms with Gasteiger partial charge in [0, 0.05) is 5.75 Å². The SMILES string of the molecule is CCOc1ccc(OCC(O)CSc2nncs2)cc1. The summed E-state index contributed by atoms with van der Waals surface area (Å²) in [6.07, 6.45) is -0.546. The summed E-state index contributed by atoms with van der Waals surface area (Å²) in [4.78, 5) is 0. The van der Waals surface area contributed by atoms with Gasteiger partial charge < -0.3 is 14.6 Å². The minimum absolute atomic E-state index is 0.250. The molecule has 1 unspecified atom stereocenters. The van der Waals surface area contributed by atoms with E-state index >= 15 is 0 Å². The number of aliphatic hydroxyl groups is 1. The van der Waals surface area contributed by atoms with Crippen molar-refractivity contribution in [2.75, 3.05) is 19.0 Å². The molecule has 0 bridgehead atoms. The van der Waals surface area contributed by atoms with Gasteiger partial charge in [0.15, 0.2) is 4.34 Å². The fourth-order valence-corrected chi connectivity index (χ4v) is 2.85. The Morgan fingerprint density at radius 2 is 1.95 bits per heavy atom. The summed E-state index contributed by atoms with van der Waals surface area (Å²) < 4.78 is 11.7. The highest BCUT2D eigenvalue weighted by molar-refractivity contribution is 8.01. The van der Waals surface area contributed by atoms with Gasteiger partial charge in [-0.25, -0.2) is 0 Å². The lowest BCUT2D eigenvalue weighted by Crippen LogP contribution is -2.20. The van der Waals surface area contributed by atoms with Crippen LogP contribution in [0.3, 0.4) is 0 Å². The summed E-state index contributed by atoms with van der Waals surface area (Å²) in [5.41, 5.74) is 1.67. The van der Waals surface area contributed by atoms with E-state index in [1.165, 1.54) is 23.1 Å². The number of hydrogen-bond donors (Lipinski definition) is 1. The molecule has 0 saturated carbocycles. The Hall–Kier alpha value is -1.31. The molecule has 1 atom stereocenters. The molecule has 0 amide bonds. The van der Waals surface area contributed by atoms with Crippen LogP contribution in [0.5, 0.6) is 11.5 Å². The number of rotatable bonds is 8. The van der Waals surface area contributed by atoms with Gasteiger partial charge in [0.05, 0.1) is 12.7 Å². The molecule has 2 aromatic rings. The van der Waals surface area contributed by atoms with E-state index in [0.29, 0.717) is 18.1 Å². The number of thioether (sulfide) groups is 1. The predicted octanol–water partition coefficient (Wildman–Crippen LogP) is 2.47. The maximum Gasteiger partial charge on any atom is 0.174 e. The number of hydrogen-bond acceptors (Lipinski definition) is 7. The molecular formula is C13H16N2O3S2. The number of aliphatic hydroxyl groups excluding tert-OH is 1. The maximum atomic E-state index is 9.83. The van der Waals surface area contributed by atoms with E-state index < -0.39 is 6.10 Å². The van der Waals surface area contributed by atoms with Crippen molar-refractivity contribution in [2.24, 2.45) is 0 Å². The Bertz CT molecular complexity index is 491. The zero-order valence-electron chi connectivity index (χ0n) is 11.1. The first kappa shape index (κ1) is 15.1. The van der Waals surface area contributed by atoms with Crippen LogP contribution in [-0.4, -0.2) is 40.4 Å². The van der Waals surface area contributed by atoms with Crippen molar-refractivity contribution in [3.8, 4) is 11.5 Å². The average molecular weight is 312 g/mol. The van der Waals surface area contributed by atoms with Gasteiger partial charge >= 0.3 is 0 Å². The topological polar surface area (TPSA) is 64.5 Å². The second-order valence-corrected chi connectivity index (χ2v) is 5.99. The first-order valence-electron chi connectivity index (χ1n) is 6.20. The van der Waals surface area contributed by atoms with E-state index in [1.807, 2.05) is 31.2 Å². The first-order valence-corrected chi connectivity index (χ1v) is 8.07. The maximum absolute atomic E-state index is 9.83. The van der Waals surface area contributed by atoms with E-state index in [0.717, 1.165) is 10.1 Å². The second-order valence-electron chi connectivity index (χ2n) is 3.88. The molecule has 0 radical (unpaired) electrons. The van der Waals surface area contributed by atoms with Gasteiger partial charge in [0.2, 0.25) is 0 Å². The molecule has 7 heteroatoms. The van der Waals surface area contributed by atoms with E-state index in [-0.39, 0.29) is 6.61 Å². The molecule has 20 heavy (non-hydrogen) atoms. The van der Waals surface area contributed by atoms with Crippen LogP contribution >= 0.6 is 23.1 Å². The second kappa shape index (κ2) is 8.08. The third-order valence-electron chi connectivity index (χ3n) is 2.32. The summed E-state index contributed by atoms with van der Waals surface area (Å²) in [5.74, 6) is 2.06. The lowest BCUT2D eigenvalue weighted by atomic mass is 10.3. The van der Waals surface area contributed by atoms with Crippen molar-refractivity contribution < 1.29 is 14.6 Å². The summed E-state index contributed by atoms with van der Waals surface area (Å²) in [6, 6.07) is 7.35. The highest BCUT2D eigenvalue weighted by atomic mass is 32.2. The van der Waals surface area contributed by atoms with E-state index in [2.05, 4.69) is 10.2 Å². The van der Waals surface area contributed by atoms with Gasteiger partial charge in [-0.05, 0) is 31.2 Å². The third kappa shape index (κ3) is 4.99. The fraction of sp³-hybridized carbons (Fsp3) is 0.385. The summed E-state index contributed by atoms with van der Waals surface area (Å²) in [7, 11) is 0. The largest absolute Gasteiger partial charge is 0.494 e. The van der Waals surface area contributed by atoms with Crippen molar-refractivity contribution in [1.82, 2.24) is 10.2 Å². The molecule has 0 aliphatic carbocycles. The molecule has 1 heterocycles. The molecule has 0 aliphatic heterocycles. The lowest BCUT2D eigenvalue weighted by Gasteiger charge is -2.11. The molecule has 108 valence electrons. The summed E-state index contributed by atoms with van der Waals surface area (Å²) in [6.45, 7) is 2.83. The molecule has 5 nitrogen and oxygen atoms in total. The highest BCUT2D eigenvalue weighted by Gasteiger charge is 2.08. The Morgan fingerprint density at radius 3 is 2.55 bits per heavy atom. The molecule has 0 aliphatic rings. The van der Waals surface area contributed by atoms with Crippen LogP contribution in [0.4, 0.5) is 0 Å². The summed E-state index contributed by atoms with van der Waals surface area (Å²) >= 11 is 2.93. The van der Waals surface area contributed by atoms with Gasteiger partial charge in [0.1, 0.15) is 23.6 Å². The van der Waals surface area contributed by atoms with E-state index in [4.69, 9.17) is 9.47 Å². The molecule has 0 spiro atoms. The Morgan fingerprint density at radius 1 is 1.25 bits per heavy atom. The zero-order valence-corrected chi connectivity index (χ0v) is 12.7. The van der Waals surface area contributed by atoms with Gasteiger partial charge in [-0.15, -0.1) is 10.2 Å². The zero-order chi connectivity index (χ0) is 14.2. The van der Waals surface area contributed by atoms with Crippen LogP contribution in [0.2, 0.25) is 0 Å². The van der Waals surface area contributed by atoms with Crippen LogP contribution in [0.15, 0.2) is 34.1 Å². The van der Waals surface area contributed by atoms with Crippen LogP contribution in [0.25, 0.3) is 0 Å². The number of benzene rings is 1. The molecule has 0 fully saturated rings. The minimum Gasteiger partial charge on any atom is -0.494 e. The van der Waals surface area contributed by atoms with Crippen LogP contribution in [0.1, 0.15) is 6.92 Å². The van der Waals surface area contributed by atoms with E-state index in [9.17, 15) is 5.11 Å². The Kier molecular flexibility index (Phi) is 6.10. The minimum atomic E-state index is -0.546. The first-order chi connectivity index (χ1) is 9.78. The standard InChI is InChI=1S/C13H16N2O3S2/c1-2-17-11-3-5-12(6-4-11)18-7-10(16)8-19-13-15-14-9-20-13/h3-6,9-10,16H,2,7-8H2,1H3. The smallest absolute Gasteiger partial charge is 0.174 e. The van der Waals surface area contributed by atoms with Gasteiger partial charge in [-0.2, -0.15) is 0 Å². The molecular weight excluding hydrogens is 296 g/mol. The van der Waals surface area contributed by atoms with Gasteiger partial charge in [-0.1, -0.05) is 23.1 Å². The van der Waals surface area contributed by atoms with Crippen LogP contribution in [0, 0.1) is 0 Å². The monoisotopic (exact) mass is 312 g/mol. The summed E-state index contributed by atoms with van der Waals surface area (Å²) in [5, 5.41) is 17.5. The predicted molar refractivity (Wildman–Crippen MR) is 79.7 cm³/mol. The van der Waals surface area contributed by atoms with Crippen molar-refractivity contribution >= 4 is 23.1 Å². The molecule has 1 N–H and O–H groups in total. The van der Waals surface area contributed by atoms with Crippen molar-refractivity contribution in [3.05, 3.63) is 29.8 Å². The van der Waals surface area contributed by atoms with Crippen LogP contribution in [-0.2, 0) is 0 Å². The fourth-order valence-electron chi connectivity index (χ4n) is 1.43. The van der Waals surface area contributed by atoms with Gasteiger partial charge in [-0.3, -0.25) is 0 Å². The molecule has 1 aromatic heterocycles. The van der Waals surface area contributed by atoms with Crippen LogP contribution < -0.4 is 9.47 Å². The average Bonchev–Trinajstić information content (AvgIpc) is 2.98. The van der Waals surface area contributed by atoms with Crippen molar-refractivity contribution in [2.45, 2.75) is 17.4 Å². The Balaban J connectivity index is 1.71. The van der Waals surface area contributed by atoms with Crippen molar-refractivity contribution in [1.29, 1.82) is 0 Å². The van der Waals surface area contributed by atoms with Crippen molar-refractivity contribution in [3.63, 3.8) is 0 Å².